The van der Waals surface area contributed by atoms with Gasteiger partial charge in [0.15, 0.2) is 15.9 Å². The van der Waals surface area contributed by atoms with Gasteiger partial charge < -0.3 is 15.7 Å². The van der Waals surface area contributed by atoms with Crippen LogP contribution >= 0.6 is 0 Å². The van der Waals surface area contributed by atoms with E-state index in [1.165, 1.54) is 7.05 Å². The maximum atomic E-state index is 11.5. The second kappa shape index (κ2) is 4.38. The van der Waals surface area contributed by atoms with Gasteiger partial charge >= 0.3 is 5.97 Å². The fraction of sp³-hybridized carbons (Fsp3) is 0.750. The first-order chi connectivity index (χ1) is 7.24. The van der Waals surface area contributed by atoms with Crippen LogP contribution in [0.1, 0.15) is 6.42 Å². The van der Waals surface area contributed by atoms with Crippen molar-refractivity contribution in [1.29, 1.82) is 0 Å². The number of amides is 1. The normalized spacial score (nSPS) is 25.0. The molecular weight excluding hydrogens is 236 g/mol. The summed E-state index contributed by atoms with van der Waals surface area (Å²) in [6.07, 6.45) is 0.330. The van der Waals surface area contributed by atoms with Gasteiger partial charge in [0.1, 0.15) is 0 Å². The van der Waals surface area contributed by atoms with Crippen molar-refractivity contribution in [2.45, 2.75) is 18.5 Å². The summed E-state index contributed by atoms with van der Waals surface area (Å²) in [5, 5.41) is 8.56. The van der Waals surface area contributed by atoms with Crippen LogP contribution in [0.3, 0.4) is 0 Å². The van der Waals surface area contributed by atoms with Gasteiger partial charge in [-0.05, 0) is 6.42 Å². The molecule has 92 valence electrons. The van der Waals surface area contributed by atoms with Gasteiger partial charge in [0.25, 0.3) is 5.91 Å². The summed E-state index contributed by atoms with van der Waals surface area (Å²) in [4.78, 5) is 23.1. The number of nitrogens with two attached hydrogens (primary N) is 1. The summed E-state index contributed by atoms with van der Waals surface area (Å²) in [6.45, 7) is 0. The van der Waals surface area contributed by atoms with Crippen LogP contribution in [0.15, 0.2) is 0 Å². The van der Waals surface area contributed by atoms with Gasteiger partial charge in [-0.2, -0.15) is 0 Å². The van der Waals surface area contributed by atoms with E-state index in [0.29, 0.717) is 6.42 Å². The smallest absolute Gasteiger partial charge is 0.330 e. The van der Waals surface area contributed by atoms with Gasteiger partial charge in [0.2, 0.25) is 0 Å². The molecule has 0 bridgehead atoms. The third-order valence-electron chi connectivity index (χ3n) is 2.64. The summed E-state index contributed by atoms with van der Waals surface area (Å²) >= 11 is 0. The number of nitrogens with zero attached hydrogens (tertiary/aromatic N) is 1. The molecule has 3 N–H and O–H groups in total. The van der Waals surface area contributed by atoms with E-state index in [-0.39, 0.29) is 11.5 Å². The van der Waals surface area contributed by atoms with E-state index in [9.17, 15) is 18.0 Å². The molecule has 1 fully saturated rings. The summed E-state index contributed by atoms with van der Waals surface area (Å²) < 4.78 is 22.4. The molecule has 1 aliphatic heterocycles. The molecular formula is C8H14N2O5S. The maximum absolute atomic E-state index is 11.5. The lowest BCUT2D eigenvalue weighted by atomic mass is 10.2. The predicted molar refractivity (Wildman–Crippen MR) is 55.4 cm³/mol. The lowest BCUT2D eigenvalue weighted by Gasteiger charge is -2.24. The first-order valence-corrected chi connectivity index (χ1v) is 6.52. The standard InChI is InChI=1S/C8H14N2O5S/c1-10(7(11)6(9)8(12)13)5-2-3-16(14,15)4-5/h5-6H,2-4,9H2,1H3,(H,12,13). The van der Waals surface area contributed by atoms with Crippen LogP contribution in [-0.2, 0) is 19.4 Å². The molecule has 2 unspecified atom stereocenters. The van der Waals surface area contributed by atoms with Gasteiger partial charge in [0, 0.05) is 13.1 Å². The highest BCUT2D eigenvalue weighted by Crippen LogP contribution is 2.16. The van der Waals surface area contributed by atoms with Crippen LogP contribution in [-0.4, -0.2) is 60.9 Å². The molecule has 7 nitrogen and oxygen atoms in total. The average Bonchev–Trinajstić information content (AvgIpc) is 2.55. The van der Waals surface area contributed by atoms with Gasteiger partial charge in [-0.3, -0.25) is 4.79 Å². The number of carboxylic acid groups (broad SMARTS) is 1. The lowest BCUT2D eigenvalue weighted by Crippen LogP contribution is -2.50. The van der Waals surface area contributed by atoms with E-state index in [4.69, 9.17) is 10.8 Å². The molecule has 0 saturated carbocycles. The van der Waals surface area contributed by atoms with E-state index in [1.54, 1.807) is 0 Å². The molecule has 0 aliphatic carbocycles. The third-order valence-corrected chi connectivity index (χ3v) is 4.39. The second-order valence-corrected chi connectivity index (χ2v) is 6.05. The summed E-state index contributed by atoms with van der Waals surface area (Å²) in [5.74, 6) is -2.29. The Labute approximate surface area is 93.1 Å². The number of rotatable bonds is 3. The first kappa shape index (κ1) is 12.9. The van der Waals surface area contributed by atoms with Crippen LogP contribution in [0, 0.1) is 0 Å². The summed E-state index contributed by atoms with van der Waals surface area (Å²) in [7, 11) is -1.73. The Bertz CT molecular complexity index is 405. The number of sulfone groups is 1. The fourth-order valence-corrected chi connectivity index (χ4v) is 3.36. The zero-order valence-corrected chi connectivity index (χ0v) is 9.61. The van der Waals surface area contributed by atoms with Gasteiger partial charge in [-0.15, -0.1) is 0 Å². The Hall–Kier alpha value is -1.15. The van der Waals surface area contributed by atoms with Crippen LogP contribution in [0.5, 0.6) is 0 Å². The summed E-state index contributed by atoms with van der Waals surface area (Å²) in [6, 6.07) is -2.10. The number of likely N-dealkylation sites (N-methyl/N-ethyl adjacent to an activating group) is 1. The minimum atomic E-state index is -3.10. The van der Waals surface area contributed by atoms with E-state index in [1.807, 2.05) is 0 Å². The van der Waals surface area contributed by atoms with Gasteiger partial charge in [-0.25, -0.2) is 13.2 Å². The van der Waals surface area contributed by atoms with Crippen molar-refractivity contribution in [3.63, 3.8) is 0 Å². The van der Waals surface area contributed by atoms with Crippen LogP contribution in [0.4, 0.5) is 0 Å². The van der Waals surface area contributed by atoms with Crippen molar-refractivity contribution in [2.24, 2.45) is 5.73 Å². The van der Waals surface area contributed by atoms with Crippen LogP contribution < -0.4 is 5.73 Å². The Morgan fingerprint density at radius 1 is 1.50 bits per heavy atom. The number of carbonyl (C=O) groups is 2. The fourth-order valence-electron chi connectivity index (χ4n) is 1.59. The number of hydrogen-bond acceptors (Lipinski definition) is 5. The second-order valence-electron chi connectivity index (χ2n) is 3.82. The molecule has 0 spiro atoms. The summed E-state index contributed by atoms with van der Waals surface area (Å²) in [5.41, 5.74) is 5.16. The largest absolute Gasteiger partial charge is 0.480 e. The zero-order valence-electron chi connectivity index (χ0n) is 8.79. The molecule has 1 amide bonds. The lowest BCUT2D eigenvalue weighted by molar-refractivity contribution is -0.146. The Morgan fingerprint density at radius 3 is 2.44 bits per heavy atom. The maximum Gasteiger partial charge on any atom is 0.330 e. The van der Waals surface area contributed by atoms with Crippen molar-refractivity contribution in [3.05, 3.63) is 0 Å². The highest BCUT2D eigenvalue weighted by molar-refractivity contribution is 7.91. The van der Waals surface area contributed by atoms with Crippen LogP contribution in [0.25, 0.3) is 0 Å². The quantitative estimate of drug-likeness (QED) is 0.562. The topological polar surface area (TPSA) is 118 Å². The Balaban J connectivity index is 2.69. The monoisotopic (exact) mass is 250 g/mol. The molecule has 0 aromatic heterocycles. The molecule has 1 aliphatic rings. The number of aliphatic carboxylic acids is 1. The van der Waals surface area contributed by atoms with Crippen molar-refractivity contribution >= 4 is 21.7 Å². The number of carboxylic acids is 1. The molecule has 8 heteroatoms. The average molecular weight is 250 g/mol. The molecule has 1 saturated heterocycles. The molecule has 1 rings (SSSR count). The van der Waals surface area contributed by atoms with E-state index in [2.05, 4.69) is 0 Å². The van der Waals surface area contributed by atoms with Crippen molar-refractivity contribution in [1.82, 2.24) is 4.90 Å². The minimum Gasteiger partial charge on any atom is -0.480 e. The number of carbonyl (C=O) groups excluding carboxylic acids is 1. The number of hydrogen-bond donors (Lipinski definition) is 2. The first-order valence-electron chi connectivity index (χ1n) is 4.70. The van der Waals surface area contributed by atoms with Crippen molar-refractivity contribution < 1.29 is 23.1 Å². The third kappa shape index (κ3) is 2.70. The Kier molecular flexibility index (Phi) is 3.54. The predicted octanol–water partition coefficient (Wildman–Crippen LogP) is -1.96. The van der Waals surface area contributed by atoms with E-state index in [0.717, 1.165) is 4.90 Å². The zero-order chi connectivity index (χ0) is 12.5. The van der Waals surface area contributed by atoms with Gasteiger partial charge in [0.05, 0.1) is 11.5 Å². The van der Waals surface area contributed by atoms with E-state index < -0.39 is 33.8 Å². The van der Waals surface area contributed by atoms with Crippen LogP contribution in [0.2, 0.25) is 0 Å². The molecule has 16 heavy (non-hydrogen) atoms. The SMILES string of the molecule is CN(C(=O)C(N)C(=O)O)C1CCS(=O)(=O)C1. The molecule has 0 radical (unpaired) electrons. The minimum absolute atomic E-state index is 0.0254. The molecule has 0 aromatic rings. The van der Waals surface area contributed by atoms with Gasteiger partial charge in [-0.1, -0.05) is 0 Å². The highest BCUT2D eigenvalue weighted by atomic mass is 32.2. The molecule has 2 atom stereocenters. The van der Waals surface area contributed by atoms with Crippen molar-refractivity contribution in [3.8, 4) is 0 Å². The Morgan fingerprint density at radius 2 is 2.06 bits per heavy atom. The molecule has 0 aromatic carbocycles. The molecule has 1 heterocycles. The van der Waals surface area contributed by atoms with E-state index >= 15 is 0 Å². The highest BCUT2D eigenvalue weighted by Gasteiger charge is 2.35. The van der Waals surface area contributed by atoms with Crippen molar-refractivity contribution in [2.75, 3.05) is 18.6 Å².